The van der Waals surface area contributed by atoms with E-state index in [1.54, 1.807) is 6.92 Å². The molecule has 0 amide bonds. The van der Waals surface area contributed by atoms with Crippen LogP contribution in [0.5, 0.6) is 0 Å². The molecule has 0 unspecified atom stereocenters. The molecule has 11 heteroatoms. The second-order valence-corrected chi connectivity index (χ2v) is 6.44. The van der Waals surface area contributed by atoms with Gasteiger partial charge in [0.2, 0.25) is 15.9 Å². The molecule has 1 aromatic heterocycles. The first kappa shape index (κ1) is 16.8. The van der Waals surface area contributed by atoms with Crippen molar-refractivity contribution < 1.29 is 17.9 Å². The predicted octanol–water partition coefficient (Wildman–Crippen LogP) is 0.849. The van der Waals surface area contributed by atoms with Gasteiger partial charge in [0.05, 0.1) is 9.82 Å². The van der Waals surface area contributed by atoms with Crippen LogP contribution in [0.15, 0.2) is 27.6 Å². The van der Waals surface area contributed by atoms with Crippen LogP contribution in [0, 0.1) is 17.0 Å². The van der Waals surface area contributed by atoms with E-state index in [4.69, 9.17) is 4.52 Å². The maximum atomic E-state index is 11.7. The third-order valence-corrected chi connectivity index (χ3v) is 4.38. The van der Waals surface area contributed by atoms with Crippen molar-refractivity contribution >= 4 is 21.4 Å². The summed E-state index contributed by atoms with van der Waals surface area (Å²) in [7, 11) is -2.51. The number of sulfonamides is 1. The Morgan fingerprint density at radius 3 is 2.70 bits per heavy atom. The first-order valence-corrected chi connectivity index (χ1v) is 8.07. The minimum Gasteiger partial charge on any atom is -0.379 e. The average molecular weight is 341 g/mol. The van der Waals surface area contributed by atoms with Crippen molar-refractivity contribution in [2.24, 2.45) is 0 Å². The predicted molar refractivity (Wildman–Crippen MR) is 80.6 cm³/mol. The van der Waals surface area contributed by atoms with Gasteiger partial charge in [-0.15, -0.1) is 0 Å². The summed E-state index contributed by atoms with van der Waals surface area (Å²) >= 11 is 0. The molecule has 0 spiro atoms. The van der Waals surface area contributed by atoms with Crippen molar-refractivity contribution in [1.82, 2.24) is 14.9 Å². The van der Waals surface area contributed by atoms with Gasteiger partial charge in [0.25, 0.3) is 5.69 Å². The zero-order chi connectivity index (χ0) is 17.0. The number of rotatable bonds is 7. The lowest BCUT2D eigenvalue weighted by molar-refractivity contribution is -0.384. The second-order valence-electron chi connectivity index (χ2n) is 4.56. The summed E-state index contributed by atoms with van der Waals surface area (Å²) < 4.78 is 30.5. The quantitative estimate of drug-likeness (QED) is 0.558. The number of nitro groups is 1. The smallest absolute Gasteiger partial charge is 0.293 e. The Bertz CT molecular complexity index is 817. The molecule has 0 saturated heterocycles. The van der Waals surface area contributed by atoms with E-state index in [1.807, 2.05) is 0 Å². The molecule has 0 atom stereocenters. The highest BCUT2D eigenvalue weighted by atomic mass is 32.2. The van der Waals surface area contributed by atoms with Crippen LogP contribution in [0.2, 0.25) is 0 Å². The second kappa shape index (κ2) is 6.71. The Morgan fingerprint density at radius 2 is 2.13 bits per heavy atom. The van der Waals surface area contributed by atoms with Crippen LogP contribution in [0.4, 0.5) is 11.4 Å². The molecule has 0 bridgehead atoms. The van der Waals surface area contributed by atoms with Gasteiger partial charge in [0, 0.05) is 19.0 Å². The van der Waals surface area contributed by atoms with E-state index in [9.17, 15) is 18.5 Å². The van der Waals surface area contributed by atoms with E-state index in [2.05, 4.69) is 20.2 Å². The van der Waals surface area contributed by atoms with Gasteiger partial charge in [-0.1, -0.05) is 5.16 Å². The molecule has 2 aromatic rings. The Labute approximate surface area is 132 Å². The normalized spacial score (nSPS) is 11.4. The molecule has 0 aliphatic rings. The molecule has 2 N–H and O–H groups in total. The van der Waals surface area contributed by atoms with E-state index < -0.39 is 14.9 Å². The molecule has 10 nitrogen and oxygen atoms in total. The third kappa shape index (κ3) is 4.02. The lowest BCUT2D eigenvalue weighted by Gasteiger charge is -2.08. The summed E-state index contributed by atoms with van der Waals surface area (Å²) in [6.45, 7) is 2.01. The van der Waals surface area contributed by atoms with Crippen LogP contribution in [0.25, 0.3) is 0 Å². The number of anilines is 1. The lowest BCUT2D eigenvalue weighted by atomic mass is 10.2. The van der Waals surface area contributed by atoms with E-state index in [0.29, 0.717) is 24.7 Å². The molecule has 0 fully saturated rings. The van der Waals surface area contributed by atoms with Gasteiger partial charge in [0.1, 0.15) is 5.69 Å². The molecule has 0 radical (unpaired) electrons. The number of aromatic nitrogens is 2. The largest absolute Gasteiger partial charge is 0.379 e. The number of hydrogen-bond donors (Lipinski definition) is 2. The van der Waals surface area contributed by atoms with Gasteiger partial charge in [-0.25, -0.2) is 13.1 Å². The molecular formula is C12H15N5O5S. The number of hydrogen-bond acceptors (Lipinski definition) is 8. The van der Waals surface area contributed by atoms with E-state index in [-0.39, 0.29) is 16.3 Å². The van der Waals surface area contributed by atoms with Gasteiger partial charge < -0.3 is 9.84 Å². The average Bonchev–Trinajstić information content (AvgIpc) is 2.92. The van der Waals surface area contributed by atoms with Crippen LogP contribution in [0.3, 0.4) is 0 Å². The van der Waals surface area contributed by atoms with Crippen molar-refractivity contribution in [1.29, 1.82) is 0 Å². The van der Waals surface area contributed by atoms with Crippen LogP contribution < -0.4 is 10.0 Å². The van der Waals surface area contributed by atoms with Crippen molar-refractivity contribution in [2.45, 2.75) is 18.2 Å². The summed E-state index contributed by atoms with van der Waals surface area (Å²) in [5.41, 5.74) is -0.121. The van der Waals surface area contributed by atoms with Crippen LogP contribution in [-0.2, 0) is 16.4 Å². The maximum Gasteiger partial charge on any atom is 0.293 e. The molecule has 23 heavy (non-hydrogen) atoms. The zero-order valence-corrected chi connectivity index (χ0v) is 13.3. The Hall–Kier alpha value is -2.53. The highest BCUT2D eigenvalue weighted by molar-refractivity contribution is 7.89. The fourth-order valence-corrected chi connectivity index (χ4v) is 2.59. The first-order valence-electron chi connectivity index (χ1n) is 6.58. The Balaban J connectivity index is 2.16. The minimum atomic E-state index is -3.75. The summed E-state index contributed by atoms with van der Waals surface area (Å²) in [5.74, 6) is 0.916. The van der Waals surface area contributed by atoms with Gasteiger partial charge in [-0.3, -0.25) is 10.1 Å². The number of benzene rings is 1. The number of aryl methyl sites for hydroxylation is 1. The monoisotopic (exact) mass is 341 g/mol. The Morgan fingerprint density at radius 1 is 1.39 bits per heavy atom. The number of nitro benzene ring substituents is 1. The maximum absolute atomic E-state index is 11.7. The molecule has 0 saturated carbocycles. The zero-order valence-electron chi connectivity index (χ0n) is 12.4. The minimum absolute atomic E-state index is 0.176. The van der Waals surface area contributed by atoms with E-state index in [1.165, 1.54) is 19.2 Å². The van der Waals surface area contributed by atoms with Crippen LogP contribution >= 0.6 is 0 Å². The summed E-state index contributed by atoms with van der Waals surface area (Å²) in [5, 5.41) is 17.6. The van der Waals surface area contributed by atoms with Gasteiger partial charge >= 0.3 is 0 Å². The van der Waals surface area contributed by atoms with Crippen LogP contribution in [0.1, 0.15) is 11.7 Å². The lowest BCUT2D eigenvalue weighted by Crippen LogP contribution is -2.19. The molecular weight excluding hydrogens is 326 g/mol. The molecule has 1 heterocycles. The fraction of sp³-hybridized carbons (Fsp3) is 0.333. The standard InChI is InChI=1S/C12H15N5O5S/c1-8-15-12(22-16-8)5-6-14-10-4-3-9(23(20,21)13-2)7-11(10)17(18)19/h3-4,7,13-14H,5-6H2,1-2H3. The van der Waals surface area contributed by atoms with Crippen LogP contribution in [-0.4, -0.2) is 37.1 Å². The van der Waals surface area contributed by atoms with Gasteiger partial charge in [-0.05, 0) is 26.1 Å². The van der Waals surface area contributed by atoms with Crippen molar-refractivity contribution in [3.05, 3.63) is 40.0 Å². The molecule has 1 aromatic carbocycles. The molecule has 0 aliphatic carbocycles. The topological polar surface area (TPSA) is 140 Å². The first-order chi connectivity index (χ1) is 10.8. The van der Waals surface area contributed by atoms with Crippen molar-refractivity contribution in [2.75, 3.05) is 18.9 Å². The van der Waals surface area contributed by atoms with E-state index >= 15 is 0 Å². The highest BCUT2D eigenvalue weighted by Gasteiger charge is 2.20. The summed E-state index contributed by atoms with van der Waals surface area (Å²) in [6, 6.07) is 3.64. The van der Waals surface area contributed by atoms with Gasteiger partial charge in [-0.2, -0.15) is 4.98 Å². The van der Waals surface area contributed by atoms with E-state index in [0.717, 1.165) is 6.07 Å². The van der Waals surface area contributed by atoms with Gasteiger partial charge in [0.15, 0.2) is 5.82 Å². The number of nitrogens with one attached hydrogen (secondary N) is 2. The summed E-state index contributed by atoms with van der Waals surface area (Å²) in [4.78, 5) is 14.3. The fourth-order valence-electron chi connectivity index (χ4n) is 1.84. The van der Waals surface area contributed by atoms with Crippen molar-refractivity contribution in [3.63, 3.8) is 0 Å². The SMILES string of the molecule is CNS(=O)(=O)c1ccc(NCCc2nc(C)no2)c([N+](=O)[O-])c1. The highest BCUT2D eigenvalue weighted by Crippen LogP contribution is 2.27. The Kier molecular flexibility index (Phi) is 4.91. The van der Waals surface area contributed by atoms with Crippen molar-refractivity contribution in [3.8, 4) is 0 Å². The third-order valence-electron chi connectivity index (χ3n) is 2.97. The molecule has 124 valence electrons. The molecule has 0 aliphatic heterocycles. The summed E-state index contributed by atoms with van der Waals surface area (Å²) in [6.07, 6.45) is 0.383. The number of nitrogens with zero attached hydrogens (tertiary/aromatic N) is 3. The molecule has 2 rings (SSSR count).